The molecule has 0 radical (unpaired) electrons. The van der Waals surface area contributed by atoms with Gasteiger partial charge in [-0.3, -0.25) is 0 Å². The van der Waals surface area contributed by atoms with E-state index in [1.54, 1.807) is 13.0 Å². The molecule has 0 bridgehead atoms. The van der Waals surface area contributed by atoms with Gasteiger partial charge >= 0.3 is 5.97 Å². The van der Waals surface area contributed by atoms with Crippen LogP contribution in [0.3, 0.4) is 0 Å². The van der Waals surface area contributed by atoms with Gasteiger partial charge in [0.05, 0.1) is 37.1 Å². The molecule has 3 heterocycles. The predicted octanol–water partition coefficient (Wildman–Crippen LogP) is -2.12. The molecule has 3 aliphatic heterocycles. The molecule has 19 atom stereocenters. The van der Waals surface area contributed by atoms with E-state index in [0.29, 0.717) is 56.9 Å². The fourth-order valence-electron chi connectivity index (χ4n) is 11.2. The van der Waals surface area contributed by atoms with Crippen LogP contribution in [0, 0.1) is 35.0 Å². The number of fused-ring (bicyclic) bond motifs is 5. The standard InChI is InChI=1S/C35H54O15/c1-15-30(27(41)26(40)23(39)13-47-15)50-33-29(43)28(42)31(24(12-36)49-33)48-17-4-7-34(14-37)16(10-17)2-3-20-25(34)22(38)11-21-18(5-8-35(20,21)45)19-6-9-46-32(19)44/h6,15-18,20-31,33,36-43,45H,2-5,7-14H2,1H3/t15-,16+,17-,18+,20-,21-,22-,23-,24+,25+,26+,27+,28+,29+,30+,31+,33-,34+,35-/m0/s1. The van der Waals surface area contributed by atoms with E-state index in [-0.39, 0.29) is 55.4 Å². The topological polar surface area (TPSA) is 245 Å². The van der Waals surface area contributed by atoms with Crippen molar-refractivity contribution in [2.45, 2.75) is 137 Å². The molecule has 0 amide bonds. The molecular weight excluding hydrogens is 660 g/mol. The Morgan fingerprint density at radius 2 is 1.62 bits per heavy atom. The Labute approximate surface area is 290 Å². The van der Waals surface area contributed by atoms with Gasteiger partial charge < -0.3 is 69.6 Å². The van der Waals surface area contributed by atoms with Gasteiger partial charge in [-0.2, -0.15) is 0 Å². The number of rotatable bonds is 7. The Bertz CT molecular complexity index is 1260. The number of esters is 1. The minimum Gasteiger partial charge on any atom is -0.458 e. The molecule has 15 nitrogen and oxygen atoms in total. The average Bonchev–Trinajstić information content (AvgIpc) is 3.67. The summed E-state index contributed by atoms with van der Waals surface area (Å²) in [6.45, 7) is 0.789. The molecule has 50 heavy (non-hydrogen) atoms. The first-order valence-corrected chi connectivity index (χ1v) is 18.3. The third-order valence-corrected chi connectivity index (χ3v) is 13.7. The summed E-state index contributed by atoms with van der Waals surface area (Å²) in [7, 11) is 0. The summed E-state index contributed by atoms with van der Waals surface area (Å²) >= 11 is 0. The zero-order valence-electron chi connectivity index (χ0n) is 28.4. The fraction of sp³-hybridized carbons (Fsp3) is 0.914. The molecule has 284 valence electrons. The summed E-state index contributed by atoms with van der Waals surface area (Å²) in [6.07, 6.45) is -8.79. The Kier molecular flexibility index (Phi) is 10.5. The molecule has 7 rings (SSSR count). The molecule has 2 saturated heterocycles. The zero-order chi connectivity index (χ0) is 35.7. The highest BCUT2D eigenvalue weighted by Gasteiger charge is 2.67. The van der Waals surface area contributed by atoms with Crippen LogP contribution in [0.1, 0.15) is 58.3 Å². The van der Waals surface area contributed by atoms with E-state index in [4.69, 9.17) is 23.7 Å². The number of carbonyl (C=O) groups excluding carboxylic acids is 1. The van der Waals surface area contributed by atoms with Crippen molar-refractivity contribution in [3.05, 3.63) is 11.6 Å². The summed E-state index contributed by atoms with van der Waals surface area (Å²) in [5, 5.41) is 98.5. The van der Waals surface area contributed by atoms with E-state index >= 15 is 0 Å². The third-order valence-electron chi connectivity index (χ3n) is 13.7. The first kappa shape index (κ1) is 37.0. The maximum absolute atomic E-state index is 12.4. The van der Waals surface area contributed by atoms with Crippen molar-refractivity contribution in [2.75, 3.05) is 26.4 Å². The number of aliphatic hydroxyl groups excluding tert-OH is 8. The third kappa shape index (κ3) is 5.98. The van der Waals surface area contributed by atoms with Crippen LogP contribution in [0.2, 0.25) is 0 Å². The lowest BCUT2D eigenvalue weighted by Crippen LogP contribution is -2.65. The van der Waals surface area contributed by atoms with Crippen LogP contribution >= 0.6 is 0 Å². The van der Waals surface area contributed by atoms with E-state index in [2.05, 4.69) is 0 Å². The van der Waals surface area contributed by atoms with Gasteiger partial charge in [0.15, 0.2) is 6.29 Å². The lowest BCUT2D eigenvalue weighted by molar-refractivity contribution is -0.335. The van der Waals surface area contributed by atoms with Gasteiger partial charge in [-0.05, 0) is 94.0 Å². The lowest BCUT2D eigenvalue weighted by atomic mass is 9.44. The SMILES string of the molecule is C[C@@H]1OC[C@H](O)[C@@H](O)[C@@H](O)[C@@H]1O[C@@H]1O[C@H](CO)[C@@H](O[C@H]2CC[C@@]3(CO)[C@H](CC[C@H]4[C@@H]3[C@@H](O)C[C@H]3[C@@H](C5=CCOC5=O)CC[C@]43O)C2)[C@H](O)[C@H]1O. The van der Waals surface area contributed by atoms with Gasteiger partial charge in [-0.25, -0.2) is 4.79 Å². The van der Waals surface area contributed by atoms with Crippen LogP contribution in [0.15, 0.2) is 11.6 Å². The highest BCUT2D eigenvalue weighted by molar-refractivity contribution is 5.91. The van der Waals surface area contributed by atoms with E-state index in [9.17, 15) is 50.8 Å². The van der Waals surface area contributed by atoms with Crippen molar-refractivity contribution < 1.29 is 74.4 Å². The summed E-state index contributed by atoms with van der Waals surface area (Å²) < 4.78 is 28.7. The molecule has 4 aliphatic carbocycles. The first-order chi connectivity index (χ1) is 23.8. The quantitative estimate of drug-likeness (QED) is 0.128. The lowest BCUT2D eigenvalue weighted by Gasteiger charge is -2.63. The number of aliphatic hydroxyl groups is 9. The van der Waals surface area contributed by atoms with Crippen LogP contribution in [0.4, 0.5) is 0 Å². The molecule has 0 aromatic carbocycles. The summed E-state index contributed by atoms with van der Waals surface area (Å²) in [5.41, 5.74) is -1.14. The summed E-state index contributed by atoms with van der Waals surface area (Å²) in [5.74, 6) is -1.46. The Balaban J connectivity index is 1.02. The summed E-state index contributed by atoms with van der Waals surface area (Å²) in [6, 6.07) is 0. The van der Waals surface area contributed by atoms with Crippen LogP contribution in [-0.4, -0.2) is 157 Å². The highest BCUT2D eigenvalue weighted by atomic mass is 16.7. The van der Waals surface area contributed by atoms with Crippen LogP contribution in [0.5, 0.6) is 0 Å². The number of ether oxygens (including phenoxy) is 5. The average molecular weight is 715 g/mol. The largest absolute Gasteiger partial charge is 0.458 e. The predicted molar refractivity (Wildman–Crippen MR) is 169 cm³/mol. The van der Waals surface area contributed by atoms with Crippen molar-refractivity contribution in [1.29, 1.82) is 0 Å². The van der Waals surface area contributed by atoms with Crippen LogP contribution in [0.25, 0.3) is 0 Å². The second kappa shape index (κ2) is 14.2. The van der Waals surface area contributed by atoms with Gasteiger partial charge in [0.2, 0.25) is 0 Å². The van der Waals surface area contributed by atoms with Gasteiger partial charge in [0.25, 0.3) is 0 Å². The van der Waals surface area contributed by atoms with Crippen LogP contribution < -0.4 is 0 Å². The molecule has 0 aromatic heterocycles. The van der Waals surface area contributed by atoms with E-state index in [1.165, 1.54) is 0 Å². The molecule has 15 heteroatoms. The van der Waals surface area contributed by atoms with Crippen LogP contribution in [-0.2, 0) is 28.5 Å². The second-order valence-electron chi connectivity index (χ2n) is 16.0. The molecule has 4 saturated carbocycles. The smallest absolute Gasteiger partial charge is 0.334 e. The minimum atomic E-state index is -1.66. The fourth-order valence-corrected chi connectivity index (χ4v) is 11.2. The van der Waals surface area contributed by atoms with Gasteiger partial charge in [-0.15, -0.1) is 0 Å². The van der Waals surface area contributed by atoms with Crippen molar-refractivity contribution in [3.63, 3.8) is 0 Å². The van der Waals surface area contributed by atoms with Crippen molar-refractivity contribution in [2.24, 2.45) is 35.0 Å². The molecule has 9 N–H and O–H groups in total. The van der Waals surface area contributed by atoms with Gasteiger partial charge in [0.1, 0.15) is 55.4 Å². The maximum Gasteiger partial charge on any atom is 0.334 e. The Hall–Kier alpha value is -1.31. The number of cyclic esters (lactones) is 1. The monoisotopic (exact) mass is 714 g/mol. The first-order valence-electron chi connectivity index (χ1n) is 18.3. The maximum atomic E-state index is 12.4. The van der Waals surface area contributed by atoms with Gasteiger partial charge in [0, 0.05) is 17.6 Å². The van der Waals surface area contributed by atoms with Crippen molar-refractivity contribution >= 4 is 5.97 Å². The molecule has 0 unspecified atom stereocenters. The van der Waals surface area contributed by atoms with E-state index < -0.39 is 91.1 Å². The zero-order valence-corrected chi connectivity index (χ0v) is 28.4. The van der Waals surface area contributed by atoms with Gasteiger partial charge in [-0.1, -0.05) is 0 Å². The molecular formula is C35H54O15. The summed E-state index contributed by atoms with van der Waals surface area (Å²) in [4.78, 5) is 12.4. The Morgan fingerprint density at radius 3 is 2.32 bits per heavy atom. The molecule has 0 spiro atoms. The van der Waals surface area contributed by atoms with E-state index in [1.807, 2.05) is 0 Å². The van der Waals surface area contributed by atoms with E-state index in [0.717, 1.165) is 0 Å². The van der Waals surface area contributed by atoms with Crippen molar-refractivity contribution in [3.8, 4) is 0 Å². The number of hydrogen-bond acceptors (Lipinski definition) is 15. The minimum absolute atomic E-state index is 0.0674. The highest BCUT2D eigenvalue weighted by Crippen LogP contribution is 2.66. The van der Waals surface area contributed by atoms with Crippen molar-refractivity contribution in [1.82, 2.24) is 0 Å². The second-order valence-corrected chi connectivity index (χ2v) is 16.0. The number of carbonyl (C=O) groups is 1. The normalized spacial score (nSPS) is 53.8. The molecule has 0 aromatic rings. The Morgan fingerprint density at radius 1 is 0.860 bits per heavy atom. The molecule has 7 aliphatic rings. The number of hydrogen-bond donors (Lipinski definition) is 9. The molecule has 6 fully saturated rings.